The number of hydrogen-bond donors (Lipinski definition) is 0. The monoisotopic (exact) mass is 301 g/mol. The molecule has 15 heavy (non-hydrogen) atoms. The highest BCUT2D eigenvalue weighted by atomic mass is 35.9. The summed E-state index contributed by atoms with van der Waals surface area (Å²) in [5.74, 6) is -2.01. The average molecular weight is 302 g/mol. The van der Waals surface area contributed by atoms with Gasteiger partial charge in [0.2, 0.25) is 0 Å². The lowest BCUT2D eigenvalue weighted by Gasteiger charge is -2.01. The zero-order valence-corrected chi connectivity index (χ0v) is 11.8. The molecule has 0 aromatic carbocycles. The molecule has 0 aliphatic carbocycles. The first kappa shape index (κ1) is 13.7. The molecule has 0 fully saturated rings. The Morgan fingerprint density at radius 2 is 2.20 bits per heavy atom. The van der Waals surface area contributed by atoms with E-state index < -0.39 is 5.85 Å². The van der Waals surface area contributed by atoms with Crippen molar-refractivity contribution in [3.8, 4) is 0 Å². The van der Waals surface area contributed by atoms with Gasteiger partial charge >= 0.3 is 0 Å². The van der Waals surface area contributed by atoms with Gasteiger partial charge in [0.15, 0.2) is 0 Å². The van der Waals surface area contributed by atoms with Crippen molar-refractivity contribution in [2.24, 2.45) is 0 Å². The molecule has 0 atom stereocenters. The summed E-state index contributed by atoms with van der Waals surface area (Å²) in [6.45, 7) is 0. The molecule has 2 nitrogen and oxygen atoms in total. The van der Waals surface area contributed by atoms with Crippen LogP contribution in [0, 0.1) is 0 Å². The summed E-state index contributed by atoms with van der Waals surface area (Å²) in [5, 5.41) is 0.974. The van der Waals surface area contributed by atoms with E-state index >= 15 is 0 Å². The number of rotatable bonds is 6. The van der Waals surface area contributed by atoms with E-state index in [0.717, 1.165) is 17.2 Å². The van der Waals surface area contributed by atoms with Gasteiger partial charge in [0, 0.05) is 18.1 Å². The molecule has 0 radical (unpaired) electrons. The van der Waals surface area contributed by atoms with Crippen LogP contribution >= 0.6 is 49.9 Å². The SMILES string of the molecule is O=P(Cl)(Cl)CCCSSc1ccccn1. The molecule has 1 aromatic heterocycles. The van der Waals surface area contributed by atoms with E-state index in [4.69, 9.17) is 22.5 Å². The molecule has 0 amide bonds. The number of nitrogens with zero attached hydrogens (tertiary/aromatic N) is 1. The van der Waals surface area contributed by atoms with Crippen molar-refractivity contribution in [3.63, 3.8) is 0 Å². The summed E-state index contributed by atoms with van der Waals surface area (Å²) in [6.07, 6.45) is 2.90. The van der Waals surface area contributed by atoms with E-state index in [1.165, 1.54) is 0 Å². The van der Waals surface area contributed by atoms with Gasteiger partial charge in [-0.2, -0.15) is 0 Å². The fourth-order valence-corrected chi connectivity index (χ4v) is 4.23. The normalized spacial score (nSPS) is 11.6. The maximum Gasteiger partial charge on any atom is 0.253 e. The van der Waals surface area contributed by atoms with Gasteiger partial charge in [0.05, 0.1) is 0 Å². The minimum Gasteiger partial charge on any atom is -0.289 e. The Morgan fingerprint density at radius 3 is 2.80 bits per heavy atom. The molecule has 0 aliphatic rings. The largest absolute Gasteiger partial charge is 0.289 e. The van der Waals surface area contributed by atoms with Crippen molar-refractivity contribution in [2.75, 3.05) is 11.9 Å². The lowest BCUT2D eigenvalue weighted by atomic mass is 10.5. The van der Waals surface area contributed by atoms with E-state index in [1.54, 1.807) is 27.8 Å². The molecule has 84 valence electrons. The summed E-state index contributed by atoms with van der Waals surface area (Å²) in [4.78, 5) is 4.16. The lowest BCUT2D eigenvalue weighted by Crippen LogP contribution is -1.82. The van der Waals surface area contributed by atoms with Crippen LogP contribution in [0.2, 0.25) is 0 Å². The molecule has 0 spiro atoms. The summed E-state index contributed by atoms with van der Waals surface area (Å²) >= 11 is 10.8. The lowest BCUT2D eigenvalue weighted by molar-refractivity contribution is 0.592. The van der Waals surface area contributed by atoms with Gasteiger partial charge in [0.25, 0.3) is 5.85 Å². The smallest absolute Gasteiger partial charge is 0.253 e. The van der Waals surface area contributed by atoms with Gasteiger partial charge in [-0.3, -0.25) is 4.57 Å². The minimum absolute atomic E-state index is 0.381. The van der Waals surface area contributed by atoms with Crippen LogP contribution in [-0.4, -0.2) is 16.9 Å². The van der Waals surface area contributed by atoms with Crippen molar-refractivity contribution in [1.82, 2.24) is 4.98 Å². The Balaban J connectivity index is 2.10. The van der Waals surface area contributed by atoms with Gasteiger partial charge in [-0.1, -0.05) is 16.9 Å². The van der Waals surface area contributed by atoms with Crippen molar-refractivity contribution in [2.45, 2.75) is 11.4 Å². The van der Waals surface area contributed by atoms with Crippen molar-refractivity contribution >= 4 is 49.9 Å². The maximum atomic E-state index is 11.0. The summed E-state index contributed by atoms with van der Waals surface area (Å²) in [7, 11) is 3.26. The molecule has 1 heterocycles. The highest BCUT2D eigenvalue weighted by Crippen LogP contribution is 2.57. The molecular weight excluding hydrogens is 292 g/mol. The quantitative estimate of drug-likeness (QED) is 0.425. The Bertz CT molecular complexity index is 333. The first-order valence-corrected chi connectivity index (χ1v) is 10.3. The highest BCUT2D eigenvalue weighted by molar-refractivity contribution is 8.76. The van der Waals surface area contributed by atoms with Crippen LogP contribution < -0.4 is 0 Å². The van der Waals surface area contributed by atoms with Crippen LogP contribution in [0.25, 0.3) is 0 Å². The van der Waals surface area contributed by atoms with Crippen LogP contribution in [0.4, 0.5) is 0 Å². The zero-order chi connectivity index (χ0) is 11.1. The number of aromatic nitrogens is 1. The third-order valence-corrected chi connectivity index (χ3v) is 5.63. The summed E-state index contributed by atoms with van der Waals surface area (Å²) < 4.78 is 11.0. The Labute approximate surface area is 107 Å². The van der Waals surface area contributed by atoms with Gasteiger partial charge in [0.1, 0.15) is 5.03 Å². The van der Waals surface area contributed by atoms with Crippen molar-refractivity contribution in [1.29, 1.82) is 0 Å². The van der Waals surface area contributed by atoms with Crippen molar-refractivity contribution < 1.29 is 4.57 Å². The minimum atomic E-state index is -2.87. The van der Waals surface area contributed by atoms with E-state index in [0.29, 0.717) is 6.16 Å². The second-order valence-corrected chi connectivity index (χ2v) is 10.5. The summed E-state index contributed by atoms with van der Waals surface area (Å²) in [5.41, 5.74) is 0. The van der Waals surface area contributed by atoms with E-state index in [9.17, 15) is 4.57 Å². The zero-order valence-electron chi connectivity index (χ0n) is 7.81. The average Bonchev–Trinajstić information content (AvgIpc) is 2.17. The van der Waals surface area contributed by atoms with Gasteiger partial charge in [-0.25, -0.2) is 4.98 Å². The van der Waals surface area contributed by atoms with Gasteiger partial charge < -0.3 is 0 Å². The first-order chi connectivity index (χ1) is 7.08. The second-order valence-electron chi connectivity index (χ2n) is 2.72. The van der Waals surface area contributed by atoms with Crippen LogP contribution in [0.3, 0.4) is 0 Å². The fraction of sp³-hybridized carbons (Fsp3) is 0.375. The number of pyridine rings is 1. The Morgan fingerprint density at radius 1 is 1.40 bits per heavy atom. The van der Waals surface area contributed by atoms with Crippen LogP contribution in [-0.2, 0) is 4.57 Å². The molecule has 0 bridgehead atoms. The Kier molecular flexibility index (Phi) is 6.48. The standard InChI is InChI=1S/C8H10Cl2NOPS2/c9-13(10,12)6-3-7-14-15-8-4-1-2-5-11-8/h1-2,4-5H,3,6-7H2. The number of halogens is 2. The first-order valence-electron chi connectivity index (χ1n) is 4.27. The molecule has 0 unspecified atom stereocenters. The number of hydrogen-bond acceptors (Lipinski definition) is 4. The van der Waals surface area contributed by atoms with Crippen LogP contribution in [0.15, 0.2) is 29.4 Å². The Hall–Kier alpha value is 0.660. The van der Waals surface area contributed by atoms with Gasteiger partial charge in [-0.15, -0.1) is 0 Å². The molecule has 1 rings (SSSR count). The predicted octanol–water partition coefficient (Wildman–Crippen LogP) is 4.88. The predicted molar refractivity (Wildman–Crippen MR) is 71.3 cm³/mol. The summed E-state index contributed by atoms with van der Waals surface area (Å²) in [6, 6.07) is 5.78. The molecule has 0 aliphatic heterocycles. The molecule has 0 saturated carbocycles. The molecule has 0 saturated heterocycles. The van der Waals surface area contributed by atoms with Gasteiger partial charge in [-0.05, 0) is 51.8 Å². The second kappa shape index (κ2) is 7.08. The van der Waals surface area contributed by atoms with Crippen molar-refractivity contribution in [3.05, 3.63) is 24.4 Å². The third-order valence-electron chi connectivity index (χ3n) is 1.43. The van der Waals surface area contributed by atoms with E-state index in [2.05, 4.69) is 4.98 Å². The third kappa shape index (κ3) is 7.53. The fourth-order valence-electron chi connectivity index (χ4n) is 0.806. The van der Waals surface area contributed by atoms with E-state index in [1.807, 2.05) is 18.2 Å². The molecule has 7 heteroatoms. The molecule has 0 N–H and O–H groups in total. The molecular formula is C8H10Cl2NOPS2. The van der Waals surface area contributed by atoms with E-state index in [-0.39, 0.29) is 0 Å². The molecule has 1 aromatic rings. The highest BCUT2D eigenvalue weighted by Gasteiger charge is 2.12. The van der Waals surface area contributed by atoms with Crippen LogP contribution in [0.5, 0.6) is 0 Å². The van der Waals surface area contributed by atoms with Crippen LogP contribution in [0.1, 0.15) is 6.42 Å². The maximum absolute atomic E-state index is 11.0. The topological polar surface area (TPSA) is 30.0 Å².